The summed E-state index contributed by atoms with van der Waals surface area (Å²) in [6.07, 6.45) is -0.245. The number of hydrogen-bond donors (Lipinski definition) is 1. The molecule has 0 bridgehead atoms. The van der Waals surface area contributed by atoms with E-state index < -0.39 is 5.60 Å². The second-order valence-electron chi connectivity index (χ2n) is 7.68. The van der Waals surface area contributed by atoms with E-state index in [1.807, 2.05) is 26.8 Å². The minimum absolute atomic E-state index is 0.245. The Labute approximate surface area is 149 Å². The van der Waals surface area contributed by atoms with E-state index in [1.165, 1.54) is 0 Å². The van der Waals surface area contributed by atoms with Crippen molar-refractivity contribution in [3.8, 4) is 5.88 Å². The number of carbonyl (C=O) groups excluding carboxylic acids is 1. The van der Waals surface area contributed by atoms with E-state index in [2.05, 4.69) is 28.2 Å². The van der Waals surface area contributed by atoms with Gasteiger partial charge < -0.3 is 24.6 Å². The molecule has 1 fully saturated rings. The molecule has 0 aliphatic carbocycles. The number of aromatic nitrogens is 1. The van der Waals surface area contributed by atoms with Crippen LogP contribution in [0, 0.1) is 0 Å². The van der Waals surface area contributed by atoms with Crippen LogP contribution < -0.4 is 15.0 Å². The number of fused-ring (bicyclic) bond motifs is 1. The standard InChI is InChI=1S/C18H28N4O3/c1-13-12-24-16-14(11-19-13)5-6-15(20-16)21-7-9-22(10-8-21)17(23)25-18(2,3)4/h5-6,13,19H,7-12H2,1-4H3. The van der Waals surface area contributed by atoms with Crippen LogP contribution in [0.1, 0.15) is 33.3 Å². The lowest BCUT2D eigenvalue weighted by Gasteiger charge is -2.36. The van der Waals surface area contributed by atoms with Crippen LogP contribution in [0.3, 0.4) is 0 Å². The van der Waals surface area contributed by atoms with Gasteiger partial charge in [0.25, 0.3) is 0 Å². The highest BCUT2D eigenvalue weighted by Crippen LogP contribution is 2.24. The molecule has 0 saturated carbocycles. The minimum Gasteiger partial charge on any atom is -0.476 e. The van der Waals surface area contributed by atoms with E-state index >= 15 is 0 Å². The summed E-state index contributed by atoms with van der Waals surface area (Å²) < 4.78 is 11.3. The third-order valence-electron chi connectivity index (χ3n) is 4.29. The summed E-state index contributed by atoms with van der Waals surface area (Å²) in [5.41, 5.74) is 0.621. The maximum absolute atomic E-state index is 12.2. The first-order valence-corrected chi connectivity index (χ1v) is 8.91. The molecule has 1 unspecified atom stereocenters. The number of hydrogen-bond acceptors (Lipinski definition) is 6. The van der Waals surface area contributed by atoms with Crippen molar-refractivity contribution < 1.29 is 14.3 Å². The summed E-state index contributed by atoms with van der Waals surface area (Å²) in [6.45, 7) is 11.9. The van der Waals surface area contributed by atoms with E-state index in [1.54, 1.807) is 4.90 Å². The minimum atomic E-state index is -0.463. The van der Waals surface area contributed by atoms with E-state index in [4.69, 9.17) is 9.47 Å². The molecule has 2 aliphatic rings. The van der Waals surface area contributed by atoms with E-state index in [9.17, 15) is 4.79 Å². The lowest BCUT2D eigenvalue weighted by atomic mass is 10.2. The summed E-state index contributed by atoms with van der Waals surface area (Å²) in [5, 5.41) is 3.40. The molecule has 7 nitrogen and oxygen atoms in total. The summed E-state index contributed by atoms with van der Waals surface area (Å²) in [5.74, 6) is 1.61. The van der Waals surface area contributed by atoms with Gasteiger partial charge in [-0.3, -0.25) is 0 Å². The Hall–Kier alpha value is -2.02. The van der Waals surface area contributed by atoms with Gasteiger partial charge in [0.05, 0.1) is 0 Å². The predicted molar refractivity (Wildman–Crippen MR) is 96.1 cm³/mol. The first-order chi connectivity index (χ1) is 11.8. The molecule has 7 heteroatoms. The molecule has 1 aromatic rings. The van der Waals surface area contributed by atoms with Crippen molar-refractivity contribution in [3.05, 3.63) is 17.7 Å². The topological polar surface area (TPSA) is 66.9 Å². The molecule has 1 N–H and O–H groups in total. The zero-order chi connectivity index (χ0) is 18.0. The van der Waals surface area contributed by atoms with Crippen molar-refractivity contribution in [1.82, 2.24) is 15.2 Å². The second-order valence-corrected chi connectivity index (χ2v) is 7.68. The van der Waals surface area contributed by atoms with Gasteiger partial charge in [0.2, 0.25) is 5.88 Å². The lowest BCUT2D eigenvalue weighted by molar-refractivity contribution is 0.0240. The van der Waals surface area contributed by atoms with Crippen LogP contribution >= 0.6 is 0 Å². The van der Waals surface area contributed by atoms with Crippen molar-refractivity contribution in [2.45, 2.75) is 45.9 Å². The van der Waals surface area contributed by atoms with Crippen LogP contribution in [0.25, 0.3) is 0 Å². The lowest BCUT2D eigenvalue weighted by Crippen LogP contribution is -2.50. The Kier molecular flexibility index (Phi) is 5.03. The second kappa shape index (κ2) is 7.07. The average molecular weight is 348 g/mol. The molecule has 3 rings (SSSR count). The SMILES string of the molecule is CC1COc2nc(N3CCN(C(=O)OC(C)(C)C)CC3)ccc2CN1. The molecule has 25 heavy (non-hydrogen) atoms. The van der Waals surface area contributed by atoms with Gasteiger partial charge in [0.1, 0.15) is 18.0 Å². The molecule has 0 spiro atoms. The Morgan fingerprint density at radius 3 is 2.68 bits per heavy atom. The van der Waals surface area contributed by atoms with Gasteiger partial charge in [-0.1, -0.05) is 0 Å². The normalized spacial score (nSPS) is 21.2. The molecule has 2 aliphatic heterocycles. The third kappa shape index (κ3) is 4.54. The predicted octanol–water partition coefficient (Wildman–Crippen LogP) is 2.01. The highest BCUT2D eigenvalue weighted by molar-refractivity contribution is 5.68. The van der Waals surface area contributed by atoms with Crippen molar-refractivity contribution in [3.63, 3.8) is 0 Å². The van der Waals surface area contributed by atoms with Gasteiger partial charge in [0.15, 0.2) is 0 Å². The summed E-state index contributed by atoms with van der Waals surface area (Å²) in [4.78, 5) is 20.8. The molecule has 1 saturated heterocycles. The number of anilines is 1. The molecule has 0 aromatic carbocycles. The fraction of sp³-hybridized carbons (Fsp3) is 0.667. The quantitative estimate of drug-likeness (QED) is 0.837. The van der Waals surface area contributed by atoms with Gasteiger partial charge in [0, 0.05) is 44.3 Å². The molecule has 1 aromatic heterocycles. The Balaban J connectivity index is 1.61. The first-order valence-electron chi connectivity index (χ1n) is 8.91. The molecular formula is C18H28N4O3. The maximum atomic E-state index is 12.2. The number of piperazine rings is 1. The maximum Gasteiger partial charge on any atom is 0.410 e. The number of amides is 1. The fourth-order valence-corrected chi connectivity index (χ4v) is 2.89. The monoisotopic (exact) mass is 348 g/mol. The summed E-state index contributed by atoms with van der Waals surface area (Å²) in [7, 11) is 0. The summed E-state index contributed by atoms with van der Waals surface area (Å²) in [6, 6.07) is 4.42. The van der Waals surface area contributed by atoms with E-state index in [0.717, 1.165) is 31.0 Å². The molecule has 1 amide bonds. The molecule has 1 atom stereocenters. The Morgan fingerprint density at radius 2 is 2.00 bits per heavy atom. The number of ether oxygens (including phenoxy) is 2. The molecule has 0 radical (unpaired) electrons. The van der Waals surface area contributed by atoms with Crippen molar-refractivity contribution >= 4 is 11.9 Å². The Morgan fingerprint density at radius 1 is 1.28 bits per heavy atom. The van der Waals surface area contributed by atoms with Gasteiger partial charge in [-0.05, 0) is 39.8 Å². The fourth-order valence-electron chi connectivity index (χ4n) is 2.89. The summed E-state index contributed by atoms with van der Waals surface area (Å²) >= 11 is 0. The third-order valence-corrected chi connectivity index (χ3v) is 4.29. The zero-order valence-electron chi connectivity index (χ0n) is 15.5. The number of pyridine rings is 1. The smallest absolute Gasteiger partial charge is 0.410 e. The van der Waals surface area contributed by atoms with Gasteiger partial charge >= 0.3 is 6.09 Å². The average Bonchev–Trinajstić information content (AvgIpc) is 2.75. The molecular weight excluding hydrogens is 320 g/mol. The number of nitrogens with zero attached hydrogens (tertiary/aromatic N) is 3. The van der Waals surface area contributed by atoms with Crippen LogP contribution in [-0.4, -0.2) is 60.4 Å². The van der Waals surface area contributed by atoms with E-state index in [0.29, 0.717) is 31.6 Å². The van der Waals surface area contributed by atoms with Gasteiger partial charge in [-0.25, -0.2) is 4.79 Å². The van der Waals surface area contributed by atoms with Crippen LogP contribution in [0.5, 0.6) is 5.88 Å². The zero-order valence-corrected chi connectivity index (χ0v) is 15.5. The van der Waals surface area contributed by atoms with Crippen LogP contribution in [0.15, 0.2) is 12.1 Å². The van der Waals surface area contributed by atoms with Crippen molar-refractivity contribution in [2.75, 3.05) is 37.7 Å². The number of nitrogens with one attached hydrogen (secondary N) is 1. The highest BCUT2D eigenvalue weighted by atomic mass is 16.6. The van der Waals surface area contributed by atoms with Crippen molar-refractivity contribution in [2.24, 2.45) is 0 Å². The van der Waals surface area contributed by atoms with Crippen LogP contribution in [-0.2, 0) is 11.3 Å². The number of rotatable bonds is 1. The van der Waals surface area contributed by atoms with Crippen LogP contribution in [0.2, 0.25) is 0 Å². The largest absolute Gasteiger partial charge is 0.476 e. The number of carbonyl (C=O) groups is 1. The molecule has 3 heterocycles. The Bertz CT molecular complexity index is 621. The van der Waals surface area contributed by atoms with E-state index in [-0.39, 0.29) is 6.09 Å². The molecule has 138 valence electrons. The van der Waals surface area contributed by atoms with Crippen molar-refractivity contribution in [1.29, 1.82) is 0 Å². The van der Waals surface area contributed by atoms with Gasteiger partial charge in [-0.2, -0.15) is 4.98 Å². The first kappa shape index (κ1) is 17.8. The van der Waals surface area contributed by atoms with Gasteiger partial charge in [-0.15, -0.1) is 0 Å². The highest BCUT2D eigenvalue weighted by Gasteiger charge is 2.27. The van der Waals surface area contributed by atoms with Crippen LogP contribution in [0.4, 0.5) is 10.6 Å².